The third kappa shape index (κ3) is 1.33. The van der Waals surface area contributed by atoms with E-state index in [4.69, 9.17) is 4.74 Å². The molecule has 1 rings (SSSR count). The lowest BCUT2D eigenvalue weighted by Crippen LogP contribution is -2.44. The van der Waals surface area contributed by atoms with Crippen LogP contribution >= 0.6 is 0 Å². The van der Waals surface area contributed by atoms with Gasteiger partial charge >= 0.3 is 0 Å². The monoisotopic (exact) mass is 143 g/mol. The van der Waals surface area contributed by atoms with Crippen molar-refractivity contribution in [1.82, 2.24) is 5.32 Å². The molecule has 56 valence electrons. The molecule has 1 heterocycles. The van der Waals surface area contributed by atoms with Crippen molar-refractivity contribution in [3.8, 4) is 0 Å². The minimum atomic E-state index is -0.433. The average molecular weight is 143 g/mol. The molecule has 0 saturated carbocycles. The summed E-state index contributed by atoms with van der Waals surface area (Å²) in [5.41, 5.74) is 0. The maximum Gasteiger partial charge on any atom is 0.255 e. The highest BCUT2D eigenvalue weighted by Crippen LogP contribution is 2.06. The van der Waals surface area contributed by atoms with Crippen LogP contribution in [0.25, 0.3) is 0 Å². The van der Waals surface area contributed by atoms with Crippen molar-refractivity contribution in [3.05, 3.63) is 0 Å². The Morgan fingerprint density at radius 3 is 2.80 bits per heavy atom. The SMILES string of the molecule is COC1CCC(=O)NC1=O. The molecule has 0 spiro atoms. The van der Waals surface area contributed by atoms with Gasteiger partial charge in [0.05, 0.1) is 0 Å². The predicted molar refractivity (Wildman–Crippen MR) is 33.2 cm³/mol. The molecular formula is C6H9NO3. The summed E-state index contributed by atoms with van der Waals surface area (Å²) in [5, 5.41) is 2.18. The number of carbonyl (C=O) groups excluding carboxylic acids is 2. The first-order valence-electron chi connectivity index (χ1n) is 3.10. The minimum absolute atomic E-state index is 0.210. The first kappa shape index (κ1) is 7.21. The van der Waals surface area contributed by atoms with E-state index in [-0.39, 0.29) is 11.8 Å². The van der Waals surface area contributed by atoms with Crippen LogP contribution in [0.1, 0.15) is 12.8 Å². The molecule has 1 fully saturated rings. The van der Waals surface area contributed by atoms with Crippen molar-refractivity contribution in [2.24, 2.45) is 0 Å². The number of carbonyl (C=O) groups is 2. The van der Waals surface area contributed by atoms with Gasteiger partial charge < -0.3 is 4.74 Å². The molecule has 0 bridgehead atoms. The van der Waals surface area contributed by atoms with Crippen LogP contribution in [0.15, 0.2) is 0 Å². The van der Waals surface area contributed by atoms with E-state index in [0.29, 0.717) is 12.8 Å². The fourth-order valence-corrected chi connectivity index (χ4v) is 0.899. The zero-order chi connectivity index (χ0) is 7.56. The molecule has 0 aromatic heterocycles. The second-order valence-corrected chi connectivity index (χ2v) is 2.18. The van der Waals surface area contributed by atoms with Crippen LogP contribution in [0.3, 0.4) is 0 Å². The second kappa shape index (κ2) is 2.79. The largest absolute Gasteiger partial charge is 0.372 e. The highest BCUT2D eigenvalue weighted by atomic mass is 16.5. The van der Waals surface area contributed by atoms with Crippen LogP contribution in [0.4, 0.5) is 0 Å². The number of imide groups is 1. The molecule has 2 amide bonds. The van der Waals surface area contributed by atoms with Crippen LogP contribution < -0.4 is 5.32 Å². The Morgan fingerprint density at radius 2 is 2.30 bits per heavy atom. The van der Waals surface area contributed by atoms with Gasteiger partial charge in [-0.2, -0.15) is 0 Å². The molecule has 10 heavy (non-hydrogen) atoms. The average Bonchev–Trinajstić information content (AvgIpc) is 1.88. The fraction of sp³-hybridized carbons (Fsp3) is 0.667. The van der Waals surface area contributed by atoms with Gasteiger partial charge in [-0.3, -0.25) is 14.9 Å². The van der Waals surface area contributed by atoms with Crippen LogP contribution in [-0.2, 0) is 14.3 Å². The number of rotatable bonds is 1. The number of hydrogen-bond donors (Lipinski definition) is 1. The number of hydrogen-bond acceptors (Lipinski definition) is 3. The first-order valence-corrected chi connectivity index (χ1v) is 3.10. The molecule has 0 radical (unpaired) electrons. The molecular weight excluding hydrogens is 134 g/mol. The Hall–Kier alpha value is -0.900. The highest BCUT2D eigenvalue weighted by Gasteiger charge is 2.25. The van der Waals surface area contributed by atoms with E-state index in [2.05, 4.69) is 5.32 Å². The zero-order valence-corrected chi connectivity index (χ0v) is 5.72. The quantitative estimate of drug-likeness (QED) is 0.500. The van der Waals surface area contributed by atoms with E-state index in [0.717, 1.165) is 0 Å². The molecule has 4 nitrogen and oxygen atoms in total. The van der Waals surface area contributed by atoms with Crippen LogP contribution in [0, 0.1) is 0 Å². The number of piperidine rings is 1. The van der Waals surface area contributed by atoms with Crippen molar-refractivity contribution in [2.75, 3.05) is 7.11 Å². The first-order chi connectivity index (χ1) is 4.74. The fourth-order valence-electron chi connectivity index (χ4n) is 0.899. The summed E-state index contributed by atoms with van der Waals surface area (Å²) in [6.45, 7) is 0. The standard InChI is InChI=1S/C6H9NO3/c1-10-4-2-3-5(8)7-6(4)9/h4H,2-3H2,1H3,(H,7,8,9). The van der Waals surface area contributed by atoms with E-state index in [1.807, 2.05) is 0 Å². The summed E-state index contributed by atoms with van der Waals surface area (Å²) < 4.78 is 4.79. The Balaban J connectivity index is 2.51. The van der Waals surface area contributed by atoms with Gasteiger partial charge in [-0.1, -0.05) is 0 Å². The third-order valence-electron chi connectivity index (χ3n) is 1.47. The normalized spacial score (nSPS) is 26.3. The molecule has 1 N–H and O–H groups in total. The van der Waals surface area contributed by atoms with Gasteiger partial charge in [0, 0.05) is 13.5 Å². The van der Waals surface area contributed by atoms with Gasteiger partial charge in [0.15, 0.2) is 0 Å². The van der Waals surface area contributed by atoms with E-state index in [1.165, 1.54) is 7.11 Å². The van der Waals surface area contributed by atoms with Crippen molar-refractivity contribution in [1.29, 1.82) is 0 Å². The molecule has 0 aromatic carbocycles. The minimum Gasteiger partial charge on any atom is -0.372 e. The smallest absolute Gasteiger partial charge is 0.255 e. The van der Waals surface area contributed by atoms with Gasteiger partial charge in [-0.25, -0.2) is 0 Å². The van der Waals surface area contributed by atoms with Gasteiger partial charge in [0.25, 0.3) is 5.91 Å². The predicted octanol–water partition coefficient (Wildman–Crippen LogP) is -0.562. The second-order valence-electron chi connectivity index (χ2n) is 2.18. The van der Waals surface area contributed by atoms with Crippen molar-refractivity contribution < 1.29 is 14.3 Å². The van der Waals surface area contributed by atoms with Gasteiger partial charge in [0.2, 0.25) is 5.91 Å². The zero-order valence-electron chi connectivity index (χ0n) is 5.72. The summed E-state index contributed by atoms with van der Waals surface area (Å²) in [5.74, 6) is -0.531. The number of ether oxygens (including phenoxy) is 1. The van der Waals surface area contributed by atoms with Gasteiger partial charge in [0.1, 0.15) is 6.10 Å². The number of amides is 2. The summed E-state index contributed by atoms with van der Waals surface area (Å²) in [7, 11) is 1.46. The molecule has 4 heteroatoms. The Kier molecular flexibility index (Phi) is 2.01. The van der Waals surface area contributed by atoms with E-state index in [9.17, 15) is 9.59 Å². The van der Waals surface area contributed by atoms with Gasteiger partial charge in [-0.15, -0.1) is 0 Å². The maximum absolute atomic E-state index is 10.8. The molecule has 1 aliphatic heterocycles. The van der Waals surface area contributed by atoms with E-state index < -0.39 is 6.10 Å². The lowest BCUT2D eigenvalue weighted by atomic mass is 10.1. The molecule has 0 aromatic rings. The molecule has 0 aliphatic carbocycles. The van der Waals surface area contributed by atoms with Crippen LogP contribution in [-0.4, -0.2) is 25.0 Å². The number of methoxy groups -OCH3 is 1. The van der Waals surface area contributed by atoms with Crippen molar-refractivity contribution >= 4 is 11.8 Å². The maximum atomic E-state index is 10.8. The number of nitrogens with one attached hydrogen (secondary N) is 1. The topological polar surface area (TPSA) is 55.4 Å². The Morgan fingerprint density at radius 1 is 1.60 bits per heavy atom. The summed E-state index contributed by atoms with van der Waals surface area (Å²) in [6.07, 6.45) is 0.448. The Labute approximate surface area is 58.5 Å². The lowest BCUT2D eigenvalue weighted by Gasteiger charge is -2.18. The molecule has 1 saturated heterocycles. The van der Waals surface area contributed by atoms with Gasteiger partial charge in [-0.05, 0) is 6.42 Å². The third-order valence-corrected chi connectivity index (χ3v) is 1.47. The lowest BCUT2D eigenvalue weighted by molar-refractivity contribution is -0.141. The summed E-state index contributed by atoms with van der Waals surface area (Å²) in [6, 6.07) is 0. The molecule has 1 atom stereocenters. The van der Waals surface area contributed by atoms with Crippen LogP contribution in [0.2, 0.25) is 0 Å². The van der Waals surface area contributed by atoms with E-state index in [1.54, 1.807) is 0 Å². The molecule has 1 aliphatic rings. The van der Waals surface area contributed by atoms with Crippen molar-refractivity contribution in [2.45, 2.75) is 18.9 Å². The Bertz CT molecular complexity index is 166. The summed E-state index contributed by atoms with van der Waals surface area (Å²) >= 11 is 0. The van der Waals surface area contributed by atoms with E-state index >= 15 is 0 Å². The highest BCUT2D eigenvalue weighted by molar-refractivity contribution is 5.99. The molecule has 1 unspecified atom stereocenters. The van der Waals surface area contributed by atoms with Crippen molar-refractivity contribution in [3.63, 3.8) is 0 Å². The van der Waals surface area contributed by atoms with Crippen LogP contribution in [0.5, 0.6) is 0 Å². The summed E-state index contributed by atoms with van der Waals surface area (Å²) in [4.78, 5) is 21.3.